The van der Waals surface area contributed by atoms with E-state index in [0.29, 0.717) is 59.8 Å². The van der Waals surface area contributed by atoms with Crippen LogP contribution >= 0.6 is 0 Å². The minimum absolute atomic E-state index is 0.226. The monoisotopic (exact) mass is 1030 g/mol. The summed E-state index contributed by atoms with van der Waals surface area (Å²) < 4.78 is 62.8. The van der Waals surface area contributed by atoms with E-state index in [4.69, 9.17) is 61.8 Å². The second-order valence-corrected chi connectivity index (χ2v) is 18.6. The topological polar surface area (TPSA) is 269 Å². The molecule has 10 rings (SSSR count). The van der Waals surface area contributed by atoms with Gasteiger partial charge in [0.2, 0.25) is 0 Å². The summed E-state index contributed by atoms with van der Waals surface area (Å²) in [6.07, 6.45) is 23.4. The zero-order valence-corrected chi connectivity index (χ0v) is 42.9. The summed E-state index contributed by atoms with van der Waals surface area (Å²) in [6, 6.07) is 10.4. The number of nitrogens with zero attached hydrogens (tertiary/aromatic N) is 8. The first-order valence-corrected chi connectivity index (χ1v) is 25.2. The molecule has 22 heteroatoms. The van der Waals surface area contributed by atoms with E-state index in [2.05, 4.69) is 46.7 Å². The molecule has 0 aliphatic carbocycles. The average Bonchev–Trinajstić information content (AvgIpc) is 3.77. The van der Waals surface area contributed by atoms with E-state index >= 15 is 0 Å². The molecule has 5 aromatic rings. The van der Waals surface area contributed by atoms with E-state index in [-0.39, 0.29) is 23.6 Å². The third-order valence-electron chi connectivity index (χ3n) is 12.7. The molecular formula is C52H75F2N13O7. The maximum Gasteiger partial charge on any atom is 0.278 e. The lowest BCUT2D eigenvalue weighted by Crippen LogP contribution is -2.54. The minimum Gasteiger partial charge on any atom is -0.492 e. The Labute approximate surface area is 433 Å². The number of nitrogens with two attached hydrogens (primary N) is 5. The second kappa shape index (κ2) is 29.3. The maximum absolute atomic E-state index is 12.4. The SMILES string of the molecule is CC(F)(F)COc1ccncc1N.CCOc1ccncc1N.CN1CCC[C@H]1COc1ccncc1N.Nc1cnccc1OC1CCN(C2COC2)CC1.Nc1cnccc1O[C@H]1CCCN(C2COC2)C1. The maximum atomic E-state index is 12.4. The summed E-state index contributed by atoms with van der Waals surface area (Å²) in [5.74, 6) is 0.340. The Kier molecular flexibility index (Phi) is 22.5. The molecule has 10 N–H and O–H groups in total. The molecule has 2 atom stereocenters. The molecular weight excluding hydrogens is 957 g/mol. The second-order valence-electron chi connectivity index (χ2n) is 18.6. The van der Waals surface area contributed by atoms with Gasteiger partial charge in [0.05, 0.1) is 105 Å². The molecule has 20 nitrogen and oxygen atoms in total. The minimum atomic E-state index is -2.85. The van der Waals surface area contributed by atoms with Crippen LogP contribution in [0.25, 0.3) is 0 Å². The van der Waals surface area contributed by atoms with Gasteiger partial charge in [-0.25, -0.2) is 8.78 Å². The number of ether oxygens (including phenoxy) is 7. The number of rotatable bonds is 14. The summed E-state index contributed by atoms with van der Waals surface area (Å²) in [5, 5.41) is 0. The van der Waals surface area contributed by atoms with Gasteiger partial charge < -0.3 is 66.7 Å². The Morgan fingerprint density at radius 1 is 0.554 bits per heavy atom. The van der Waals surface area contributed by atoms with Crippen molar-refractivity contribution in [2.24, 2.45) is 0 Å². The Morgan fingerprint density at radius 3 is 1.41 bits per heavy atom. The molecule has 74 heavy (non-hydrogen) atoms. The van der Waals surface area contributed by atoms with Crippen molar-refractivity contribution in [1.29, 1.82) is 0 Å². The Bertz CT molecular complexity index is 2400. The number of nitrogen functional groups attached to an aromatic ring is 5. The van der Waals surface area contributed by atoms with E-state index in [1.54, 1.807) is 55.6 Å². The van der Waals surface area contributed by atoms with Crippen molar-refractivity contribution in [1.82, 2.24) is 39.6 Å². The Balaban J connectivity index is 0.000000153. The van der Waals surface area contributed by atoms with Gasteiger partial charge in [-0.3, -0.25) is 34.7 Å². The molecule has 5 saturated heterocycles. The molecule has 0 radical (unpaired) electrons. The summed E-state index contributed by atoms with van der Waals surface area (Å²) >= 11 is 0. The molecule has 5 fully saturated rings. The van der Waals surface area contributed by atoms with Gasteiger partial charge in [0.25, 0.3) is 5.92 Å². The molecule has 5 aromatic heterocycles. The molecule has 0 amide bonds. The fraction of sp³-hybridized carbons (Fsp3) is 0.519. The van der Waals surface area contributed by atoms with Crippen molar-refractivity contribution in [3.05, 3.63) is 92.3 Å². The number of likely N-dealkylation sites (tertiary alicyclic amines) is 3. The number of likely N-dealkylation sites (N-methyl/N-ethyl adjacent to an activating group) is 1. The predicted octanol–water partition coefficient (Wildman–Crippen LogP) is 5.71. The quantitative estimate of drug-likeness (QED) is 0.0891. The highest BCUT2D eigenvalue weighted by Gasteiger charge is 2.32. The van der Waals surface area contributed by atoms with E-state index in [1.807, 2.05) is 25.1 Å². The number of halogens is 2. The fourth-order valence-corrected chi connectivity index (χ4v) is 8.29. The lowest BCUT2D eigenvalue weighted by Gasteiger charge is -2.41. The molecule has 5 aliphatic rings. The lowest BCUT2D eigenvalue weighted by atomic mass is 10.0. The van der Waals surface area contributed by atoms with Crippen LogP contribution in [0.1, 0.15) is 52.4 Å². The summed E-state index contributed by atoms with van der Waals surface area (Å²) in [6.45, 7) is 12.3. The molecule has 0 unspecified atom stereocenters. The van der Waals surface area contributed by atoms with E-state index < -0.39 is 12.5 Å². The zero-order chi connectivity index (χ0) is 52.7. The lowest BCUT2D eigenvalue weighted by molar-refractivity contribution is -0.0824. The summed E-state index contributed by atoms with van der Waals surface area (Å²) in [5.41, 5.74) is 31.0. The average molecular weight is 1030 g/mol. The molecule has 0 saturated carbocycles. The highest BCUT2D eigenvalue weighted by Crippen LogP contribution is 2.28. The van der Waals surface area contributed by atoms with Gasteiger partial charge in [-0.2, -0.15) is 0 Å². The number of alkyl halides is 2. The van der Waals surface area contributed by atoms with Gasteiger partial charge in [-0.1, -0.05) is 0 Å². The van der Waals surface area contributed by atoms with E-state index in [9.17, 15) is 8.78 Å². The van der Waals surface area contributed by atoms with Gasteiger partial charge in [-0.15, -0.1) is 0 Å². The Morgan fingerprint density at radius 2 is 0.986 bits per heavy atom. The van der Waals surface area contributed by atoms with Crippen molar-refractivity contribution in [2.45, 2.75) is 88.6 Å². The number of piperidine rings is 2. The van der Waals surface area contributed by atoms with Crippen LogP contribution in [-0.2, 0) is 9.47 Å². The molecule has 0 aromatic carbocycles. The predicted molar refractivity (Wildman–Crippen MR) is 281 cm³/mol. The van der Waals surface area contributed by atoms with Gasteiger partial charge in [-0.05, 0) is 65.6 Å². The van der Waals surface area contributed by atoms with Crippen molar-refractivity contribution >= 4 is 28.4 Å². The number of anilines is 5. The largest absolute Gasteiger partial charge is 0.492 e. The van der Waals surface area contributed by atoms with Crippen molar-refractivity contribution in [2.75, 3.05) is 115 Å². The van der Waals surface area contributed by atoms with Crippen LogP contribution < -0.4 is 52.4 Å². The van der Waals surface area contributed by atoms with Gasteiger partial charge >= 0.3 is 0 Å². The van der Waals surface area contributed by atoms with Crippen LogP contribution in [0.5, 0.6) is 28.7 Å². The summed E-state index contributed by atoms with van der Waals surface area (Å²) in [7, 11) is 2.14. The fourth-order valence-electron chi connectivity index (χ4n) is 8.29. The van der Waals surface area contributed by atoms with E-state index in [1.165, 1.54) is 44.3 Å². The highest BCUT2D eigenvalue weighted by molar-refractivity contribution is 5.52. The molecule has 5 aliphatic heterocycles. The van der Waals surface area contributed by atoms with Crippen molar-refractivity contribution in [3.63, 3.8) is 0 Å². The first kappa shape index (κ1) is 56.7. The van der Waals surface area contributed by atoms with Crippen molar-refractivity contribution < 1.29 is 41.9 Å². The summed E-state index contributed by atoms with van der Waals surface area (Å²) in [4.78, 5) is 26.7. The third-order valence-corrected chi connectivity index (χ3v) is 12.7. The molecule has 10 heterocycles. The molecule has 404 valence electrons. The standard InChI is InChI=1S/2C13H19N3O2.C11H17N3O.C8H10F2N2O.C7H10N2O/c14-12-7-15-4-1-13(12)18-11-2-5-16(6-3-11)10-8-17-9-10;14-12-6-15-4-3-13(12)18-11-2-1-5-16(7-11)10-8-17-9-10;1-14-6-2-3-9(14)8-15-11-4-5-13-7-10(11)12;1-8(9,10)5-13-7-2-3-12-4-6(7)11;1-2-10-7-3-4-9-5-6(7)8/h1,4,7,10-11H,2-3,5-6,8-9,14H2;3-4,6,10-11H,1-2,5,7-9,14H2;4-5,7,9H,2-3,6,8,12H2,1H3;2-4H,5,11H2,1H3;3-5H,2,8H2,1H3/t;11-;9-;;/m.00../s1. The van der Waals surface area contributed by atoms with E-state index in [0.717, 1.165) is 96.0 Å². The Hall–Kier alpha value is -6.59. The van der Waals surface area contributed by atoms with Gasteiger partial charge in [0, 0.05) is 93.9 Å². The molecule has 0 spiro atoms. The van der Waals surface area contributed by atoms with Gasteiger partial charge in [0.1, 0.15) is 47.6 Å². The van der Waals surface area contributed by atoms with Crippen LogP contribution in [0.4, 0.5) is 37.2 Å². The zero-order valence-electron chi connectivity index (χ0n) is 42.9. The number of pyridine rings is 5. The number of hydrogen-bond donors (Lipinski definition) is 5. The highest BCUT2D eigenvalue weighted by atomic mass is 19.3. The van der Waals surface area contributed by atoms with Crippen molar-refractivity contribution in [3.8, 4) is 28.7 Å². The number of hydrogen-bond acceptors (Lipinski definition) is 20. The van der Waals surface area contributed by atoms with Crippen LogP contribution in [-0.4, -0.2) is 162 Å². The van der Waals surface area contributed by atoms with Crippen LogP contribution in [0.3, 0.4) is 0 Å². The smallest absolute Gasteiger partial charge is 0.278 e. The van der Waals surface area contributed by atoms with Crippen LogP contribution in [0.2, 0.25) is 0 Å². The third kappa shape index (κ3) is 18.7. The number of aromatic nitrogens is 5. The first-order valence-electron chi connectivity index (χ1n) is 25.2. The normalized spacial score (nSPS) is 19.4. The van der Waals surface area contributed by atoms with Crippen LogP contribution in [0, 0.1) is 0 Å². The van der Waals surface area contributed by atoms with Gasteiger partial charge in [0.15, 0.2) is 6.61 Å². The van der Waals surface area contributed by atoms with Crippen LogP contribution in [0.15, 0.2) is 92.3 Å². The first-order chi connectivity index (χ1) is 35.8. The molecule has 0 bridgehead atoms.